The van der Waals surface area contributed by atoms with E-state index in [1.54, 1.807) is 72.8 Å². The van der Waals surface area contributed by atoms with Gasteiger partial charge in [0.1, 0.15) is 0 Å². The second-order valence-electron chi connectivity index (χ2n) is 9.05. The molecule has 0 radical (unpaired) electrons. The summed E-state index contributed by atoms with van der Waals surface area (Å²) in [5.41, 5.74) is 3.19. The predicted molar refractivity (Wildman–Crippen MR) is 156 cm³/mol. The van der Waals surface area contributed by atoms with E-state index < -0.39 is 15.9 Å². The van der Waals surface area contributed by atoms with Crippen LogP contribution in [0.15, 0.2) is 103 Å². The van der Waals surface area contributed by atoms with Crippen LogP contribution in [0.3, 0.4) is 0 Å². The van der Waals surface area contributed by atoms with Crippen molar-refractivity contribution in [2.45, 2.75) is 19.5 Å². The maximum atomic E-state index is 13.0. The molecule has 0 bridgehead atoms. The smallest absolute Gasteiger partial charge is 0.255 e. The van der Waals surface area contributed by atoms with Gasteiger partial charge in [-0.25, -0.2) is 8.42 Å². The number of carbonyl (C=O) groups excluding carboxylic acids is 2. The number of amides is 2. The first-order valence-electron chi connectivity index (χ1n) is 12.2. The van der Waals surface area contributed by atoms with Crippen molar-refractivity contribution < 1.29 is 18.0 Å². The van der Waals surface area contributed by atoms with Crippen LogP contribution in [-0.2, 0) is 16.6 Å². The van der Waals surface area contributed by atoms with E-state index in [1.165, 1.54) is 4.31 Å². The summed E-state index contributed by atoms with van der Waals surface area (Å²) in [6.45, 7) is 1.97. The Hall–Kier alpha value is -4.14. The van der Waals surface area contributed by atoms with Gasteiger partial charge in [0.05, 0.1) is 35.8 Å². The van der Waals surface area contributed by atoms with Crippen molar-refractivity contribution in [3.8, 4) is 0 Å². The van der Waals surface area contributed by atoms with Crippen molar-refractivity contribution in [2.75, 3.05) is 15.9 Å². The number of nitrogens with one attached hydrogen (secondary N) is 2. The van der Waals surface area contributed by atoms with Crippen molar-refractivity contribution >= 4 is 44.8 Å². The van der Waals surface area contributed by atoms with Gasteiger partial charge in [0, 0.05) is 10.6 Å². The lowest BCUT2D eigenvalue weighted by molar-refractivity contribution is 0.0940. The molecule has 0 fully saturated rings. The number of halogens is 1. The van der Waals surface area contributed by atoms with Crippen LogP contribution in [-0.4, -0.2) is 26.5 Å². The van der Waals surface area contributed by atoms with E-state index in [-0.39, 0.29) is 18.5 Å². The van der Waals surface area contributed by atoms with Gasteiger partial charge in [-0.05, 0) is 60.5 Å². The number of hydrogen-bond donors (Lipinski definition) is 2. The topological polar surface area (TPSA) is 95.6 Å². The standard InChI is InChI=1S/C30H28ClN3O4S/c1-21(23-9-4-3-5-10-23)32-30(36)27-13-6-7-14-28(27)33-29(35)24-17-15-22(16-18-24)20-34(39(2,37)38)26-12-8-11-25(31)19-26/h3-19,21H,20H2,1-2H3,(H,32,36)(H,33,35)/t21-/m0/s1. The Bertz CT molecular complexity index is 1580. The number of rotatable bonds is 9. The molecule has 2 amide bonds. The minimum absolute atomic E-state index is 0.0731. The van der Waals surface area contributed by atoms with Gasteiger partial charge in [0.25, 0.3) is 11.8 Å². The number of hydrogen-bond acceptors (Lipinski definition) is 4. The first-order valence-corrected chi connectivity index (χ1v) is 14.4. The van der Waals surface area contributed by atoms with E-state index in [1.807, 2.05) is 37.3 Å². The van der Waals surface area contributed by atoms with Gasteiger partial charge in [-0.1, -0.05) is 72.3 Å². The molecule has 0 unspecified atom stereocenters. The van der Waals surface area contributed by atoms with Gasteiger partial charge >= 0.3 is 0 Å². The quantitative estimate of drug-likeness (QED) is 0.260. The zero-order chi connectivity index (χ0) is 28.0. The van der Waals surface area contributed by atoms with Gasteiger partial charge in [0.15, 0.2) is 0 Å². The minimum Gasteiger partial charge on any atom is -0.345 e. The molecule has 1 atom stereocenters. The number of carbonyl (C=O) groups is 2. The monoisotopic (exact) mass is 561 g/mol. The highest BCUT2D eigenvalue weighted by Crippen LogP contribution is 2.24. The highest BCUT2D eigenvalue weighted by Gasteiger charge is 2.19. The zero-order valence-corrected chi connectivity index (χ0v) is 23.0. The van der Waals surface area contributed by atoms with Gasteiger partial charge < -0.3 is 10.6 Å². The Balaban J connectivity index is 1.47. The van der Waals surface area contributed by atoms with Crippen LogP contribution in [0.1, 0.15) is 44.8 Å². The Kier molecular flexibility index (Phi) is 8.69. The minimum atomic E-state index is -3.58. The van der Waals surface area contributed by atoms with E-state index in [0.29, 0.717) is 33.1 Å². The highest BCUT2D eigenvalue weighted by atomic mass is 35.5. The molecule has 4 aromatic carbocycles. The largest absolute Gasteiger partial charge is 0.345 e. The fourth-order valence-electron chi connectivity index (χ4n) is 4.04. The second kappa shape index (κ2) is 12.1. The van der Waals surface area contributed by atoms with Crippen molar-refractivity contribution in [1.29, 1.82) is 0 Å². The molecule has 0 heterocycles. The van der Waals surface area contributed by atoms with Crippen molar-refractivity contribution in [3.63, 3.8) is 0 Å². The zero-order valence-electron chi connectivity index (χ0n) is 21.5. The lowest BCUT2D eigenvalue weighted by Crippen LogP contribution is -2.29. The summed E-state index contributed by atoms with van der Waals surface area (Å²) in [7, 11) is -3.58. The Morgan fingerprint density at radius 3 is 2.18 bits per heavy atom. The molecule has 0 spiro atoms. The molecular weight excluding hydrogens is 534 g/mol. The molecule has 39 heavy (non-hydrogen) atoms. The fraction of sp³-hybridized carbons (Fsp3) is 0.133. The molecule has 200 valence electrons. The predicted octanol–water partition coefficient (Wildman–Crippen LogP) is 6.05. The number of nitrogens with zero attached hydrogens (tertiary/aromatic N) is 1. The molecule has 0 saturated carbocycles. The average Bonchev–Trinajstić information content (AvgIpc) is 2.92. The van der Waals surface area contributed by atoms with Crippen LogP contribution in [0.2, 0.25) is 5.02 Å². The van der Waals surface area contributed by atoms with E-state index in [4.69, 9.17) is 11.6 Å². The third kappa shape index (κ3) is 7.25. The Morgan fingerprint density at radius 1 is 0.846 bits per heavy atom. The maximum absolute atomic E-state index is 13.0. The Labute approximate surface area is 233 Å². The first kappa shape index (κ1) is 27.9. The third-order valence-corrected chi connectivity index (χ3v) is 7.48. The number of para-hydroxylation sites is 1. The summed E-state index contributed by atoms with van der Waals surface area (Å²) >= 11 is 6.06. The molecule has 0 aromatic heterocycles. The lowest BCUT2D eigenvalue weighted by atomic mass is 10.1. The molecule has 0 aliphatic heterocycles. The molecule has 4 aromatic rings. The SMILES string of the molecule is C[C@H](NC(=O)c1ccccc1NC(=O)c1ccc(CN(c2cccc(Cl)c2)S(C)(=O)=O)cc1)c1ccccc1. The van der Waals surface area contributed by atoms with Crippen LogP contribution >= 0.6 is 11.6 Å². The third-order valence-electron chi connectivity index (χ3n) is 6.11. The lowest BCUT2D eigenvalue weighted by Gasteiger charge is -2.23. The highest BCUT2D eigenvalue weighted by molar-refractivity contribution is 7.92. The van der Waals surface area contributed by atoms with Crippen LogP contribution in [0.4, 0.5) is 11.4 Å². The van der Waals surface area contributed by atoms with Gasteiger partial charge in [0.2, 0.25) is 10.0 Å². The maximum Gasteiger partial charge on any atom is 0.255 e. The van der Waals surface area contributed by atoms with Gasteiger partial charge in [-0.2, -0.15) is 0 Å². The van der Waals surface area contributed by atoms with Crippen LogP contribution < -0.4 is 14.9 Å². The van der Waals surface area contributed by atoms with E-state index >= 15 is 0 Å². The number of benzene rings is 4. The number of anilines is 2. The van der Waals surface area contributed by atoms with Gasteiger partial charge in [-0.3, -0.25) is 13.9 Å². The number of sulfonamides is 1. The van der Waals surface area contributed by atoms with Crippen LogP contribution in [0.5, 0.6) is 0 Å². The summed E-state index contributed by atoms with van der Waals surface area (Å²) in [6, 6.07) is 29.4. The van der Waals surface area contributed by atoms with E-state index in [0.717, 1.165) is 11.8 Å². The summed E-state index contributed by atoms with van der Waals surface area (Å²) in [5, 5.41) is 6.21. The van der Waals surface area contributed by atoms with Crippen molar-refractivity contribution in [2.24, 2.45) is 0 Å². The second-order valence-corrected chi connectivity index (χ2v) is 11.4. The average molecular weight is 562 g/mol. The van der Waals surface area contributed by atoms with Crippen LogP contribution in [0.25, 0.3) is 0 Å². The van der Waals surface area contributed by atoms with Crippen LogP contribution in [0, 0.1) is 0 Å². The molecule has 0 saturated heterocycles. The fourth-order valence-corrected chi connectivity index (χ4v) is 5.11. The van der Waals surface area contributed by atoms with Gasteiger partial charge in [-0.15, -0.1) is 0 Å². The summed E-state index contributed by atoms with van der Waals surface area (Å²) in [5.74, 6) is -0.702. The molecule has 4 rings (SSSR count). The summed E-state index contributed by atoms with van der Waals surface area (Å²) in [4.78, 5) is 26.0. The molecule has 0 aliphatic rings. The van der Waals surface area contributed by atoms with E-state index in [9.17, 15) is 18.0 Å². The molecule has 9 heteroatoms. The van der Waals surface area contributed by atoms with E-state index in [2.05, 4.69) is 10.6 Å². The van der Waals surface area contributed by atoms with Crippen molar-refractivity contribution in [3.05, 3.63) is 130 Å². The first-order chi connectivity index (χ1) is 18.6. The molecular formula is C30H28ClN3O4S. The summed E-state index contributed by atoms with van der Waals surface area (Å²) in [6.07, 6.45) is 1.13. The molecule has 7 nitrogen and oxygen atoms in total. The van der Waals surface area contributed by atoms with Crippen molar-refractivity contribution in [1.82, 2.24) is 5.32 Å². The Morgan fingerprint density at radius 2 is 1.51 bits per heavy atom. The normalized spacial score (nSPS) is 11.9. The summed E-state index contributed by atoms with van der Waals surface area (Å²) < 4.78 is 26.1. The molecule has 2 N–H and O–H groups in total. The molecule has 0 aliphatic carbocycles.